The summed E-state index contributed by atoms with van der Waals surface area (Å²) in [6.45, 7) is 5.87. The van der Waals surface area contributed by atoms with E-state index in [0.29, 0.717) is 36.6 Å². The molecule has 6 nitrogen and oxygen atoms in total. The Morgan fingerprint density at radius 3 is 2.47 bits per heavy atom. The first-order valence-corrected chi connectivity index (χ1v) is 7.41. The van der Waals surface area contributed by atoms with Gasteiger partial charge in [0, 0.05) is 36.6 Å². The fourth-order valence-corrected chi connectivity index (χ4v) is 3.84. The van der Waals surface area contributed by atoms with Crippen LogP contribution in [0.15, 0.2) is 0 Å². The molecule has 0 bridgehead atoms. The van der Waals surface area contributed by atoms with E-state index < -0.39 is 11.5 Å². The number of carbonyl (C=O) groups is 2. The number of thioether (sulfide) groups is 1. The second-order valence-corrected chi connectivity index (χ2v) is 7.16. The summed E-state index contributed by atoms with van der Waals surface area (Å²) in [5.41, 5.74) is -1.26. The Kier molecular flexibility index (Phi) is 4.25. The van der Waals surface area contributed by atoms with Crippen molar-refractivity contribution < 1.29 is 19.4 Å². The number of ether oxygens (including phenoxy) is 1. The molecular formula is C12H20N2O4S. The zero-order valence-electron chi connectivity index (χ0n) is 11.2. The number of carboxylic acid groups (broad SMARTS) is 1. The third-order valence-electron chi connectivity index (χ3n) is 3.48. The molecule has 7 heteroatoms. The normalized spacial score (nSPS) is 35.2. The van der Waals surface area contributed by atoms with Gasteiger partial charge in [-0.05, 0) is 0 Å². The van der Waals surface area contributed by atoms with E-state index in [2.05, 4.69) is 19.2 Å². The van der Waals surface area contributed by atoms with Gasteiger partial charge in [0.15, 0.2) is 5.54 Å². The van der Waals surface area contributed by atoms with Crippen molar-refractivity contribution in [3.8, 4) is 0 Å². The van der Waals surface area contributed by atoms with Crippen molar-refractivity contribution in [2.45, 2.75) is 36.3 Å². The largest absolute Gasteiger partial charge is 0.479 e. The molecule has 108 valence electrons. The Morgan fingerprint density at radius 2 is 2.00 bits per heavy atom. The minimum absolute atomic E-state index is 0.0434. The van der Waals surface area contributed by atoms with Crippen molar-refractivity contribution >= 4 is 23.8 Å². The molecule has 0 spiro atoms. The second-order valence-electron chi connectivity index (χ2n) is 5.28. The molecule has 0 aromatic rings. The van der Waals surface area contributed by atoms with Crippen LogP contribution in [0.3, 0.4) is 0 Å². The molecule has 0 aliphatic carbocycles. The van der Waals surface area contributed by atoms with E-state index in [0.717, 1.165) is 0 Å². The maximum atomic E-state index is 12.2. The van der Waals surface area contributed by atoms with Crippen LogP contribution in [0.5, 0.6) is 0 Å². The molecule has 3 unspecified atom stereocenters. The topological polar surface area (TPSA) is 78.9 Å². The monoisotopic (exact) mass is 288 g/mol. The molecular weight excluding hydrogens is 268 g/mol. The molecule has 2 saturated heterocycles. The molecule has 0 aromatic carbocycles. The fraction of sp³-hybridized carbons (Fsp3) is 0.833. The molecule has 2 N–H and O–H groups in total. The summed E-state index contributed by atoms with van der Waals surface area (Å²) in [5.74, 6) is -1.02. The van der Waals surface area contributed by atoms with Gasteiger partial charge in [-0.1, -0.05) is 13.8 Å². The molecule has 2 rings (SSSR count). The Hall–Kier alpha value is -0.950. The van der Waals surface area contributed by atoms with E-state index in [1.807, 2.05) is 11.8 Å². The standard InChI is InChI=1S/C12H20N2O4S/c1-8-5-14(6-9(2)19-8)11(17)13-12(10(15)16)3-4-18-7-12/h8-9H,3-7H2,1-2H3,(H,13,17)(H,15,16). The van der Waals surface area contributed by atoms with E-state index >= 15 is 0 Å². The van der Waals surface area contributed by atoms with Crippen LogP contribution in [0.2, 0.25) is 0 Å². The van der Waals surface area contributed by atoms with Gasteiger partial charge in [0.1, 0.15) is 0 Å². The smallest absolute Gasteiger partial charge is 0.332 e. The van der Waals surface area contributed by atoms with Crippen LogP contribution >= 0.6 is 11.8 Å². The van der Waals surface area contributed by atoms with Crippen molar-refractivity contribution in [1.29, 1.82) is 0 Å². The van der Waals surface area contributed by atoms with E-state index in [4.69, 9.17) is 4.74 Å². The Labute approximate surface area is 116 Å². The lowest BCUT2D eigenvalue weighted by molar-refractivity contribution is -0.144. The van der Waals surface area contributed by atoms with Gasteiger partial charge in [-0.15, -0.1) is 0 Å². The predicted octanol–water partition coefficient (Wildman–Crippen LogP) is 0.765. The number of carboxylic acids is 1. The van der Waals surface area contributed by atoms with Gasteiger partial charge in [0.05, 0.1) is 6.61 Å². The van der Waals surface area contributed by atoms with Crippen LogP contribution in [0.25, 0.3) is 0 Å². The maximum absolute atomic E-state index is 12.2. The summed E-state index contributed by atoms with van der Waals surface area (Å²) in [7, 11) is 0. The van der Waals surface area contributed by atoms with Gasteiger partial charge in [0.2, 0.25) is 0 Å². The molecule has 0 saturated carbocycles. The summed E-state index contributed by atoms with van der Waals surface area (Å²) in [6, 6.07) is -0.299. The van der Waals surface area contributed by atoms with E-state index in [1.54, 1.807) is 4.90 Å². The molecule has 2 amide bonds. The second kappa shape index (κ2) is 5.58. The van der Waals surface area contributed by atoms with E-state index in [9.17, 15) is 14.7 Å². The Bertz CT molecular complexity index is 361. The first kappa shape index (κ1) is 14.5. The van der Waals surface area contributed by atoms with Crippen LogP contribution in [0, 0.1) is 0 Å². The van der Waals surface area contributed by atoms with E-state index in [1.165, 1.54) is 0 Å². The molecule has 0 aromatic heterocycles. The van der Waals surface area contributed by atoms with Crippen molar-refractivity contribution in [1.82, 2.24) is 10.2 Å². The van der Waals surface area contributed by atoms with Crippen LogP contribution in [-0.2, 0) is 9.53 Å². The molecule has 2 heterocycles. The van der Waals surface area contributed by atoms with Crippen LogP contribution in [0.1, 0.15) is 20.3 Å². The molecule has 2 aliphatic heterocycles. The van der Waals surface area contributed by atoms with Gasteiger partial charge in [-0.3, -0.25) is 0 Å². The first-order chi connectivity index (χ1) is 8.93. The third-order valence-corrected chi connectivity index (χ3v) is 4.71. The van der Waals surface area contributed by atoms with Crippen LogP contribution < -0.4 is 5.32 Å². The average molecular weight is 288 g/mol. The lowest BCUT2D eigenvalue weighted by Gasteiger charge is -2.36. The minimum atomic E-state index is -1.26. The number of nitrogens with one attached hydrogen (secondary N) is 1. The fourth-order valence-electron chi connectivity index (χ4n) is 2.51. The summed E-state index contributed by atoms with van der Waals surface area (Å²) < 4.78 is 5.13. The summed E-state index contributed by atoms with van der Waals surface area (Å²) in [4.78, 5) is 25.3. The highest BCUT2D eigenvalue weighted by atomic mass is 32.2. The van der Waals surface area contributed by atoms with Gasteiger partial charge in [-0.2, -0.15) is 11.8 Å². The van der Waals surface area contributed by atoms with Crippen molar-refractivity contribution in [2.24, 2.45) is 0 Å². The number of hydrogen-bond donors (Lipinski definition) is 2. The van der Waals surface area contributed by atoms with E-state index in [-0.39, 0.29) is 12.6 Å². The number of aliphatic carboxylic acids is 1. The van der Waals surface area contributed by atoms with Gasteiger partial charge >= 0.3 is 12.0 Å². The average Bonchev–Trinajstić information content (AvgIpc) is 2.77. The Morgan fingerprint density at radius 1 is 1.37 bits per heavy atom. The van der Waals surface area contributed by atoms with Crippen molar-refractivity contribution in [3.05, 3.63) is 0 Å². The first-order valence-electron chi connectivity index (χ1n) is 6.46. The predicted molar refractivity (Wildman–Crippen MR) is 72.4 cm³/mol. The van der Waals surface area contributed by atoms with Gasteiger partial charge in [-0.25, -0.2) is 9.59 Å². The number of nitrogens with zero attached hydrogens (tertiary/aromatic N) is 1. The third kappa shape index (κ3) is 3.14. The highest BCUT2D eigenvalue weighted by Gasteiger charge is 2.45. The number of hydrogen-bond acceptors (Lipinski definition) is 4. The highest BCUT2D eigenvalue weighted by molar-refractivity contribution is 8.00. The lowest BCUT2D eigenvalue weighted by Crippen LogP contribution is -2.60. The molecule has 3 atom stereocenters. The zero-order chi connectivity index (χ0) is 14.0. The summed E-state index contributed by atoms with van der Waals surface area (Å²) >= 11 is 1.85. The lowest BCUT2D eigenvalue weighted by atomic mass is 9.99. The molecule has 2 aliphatic rings. The quantitative estimate of drug-likeness (QED) is 0.784. The van der Waals surface area contributed by atoms with Crippen LogP contribution in [-0.4, -0.2) is 64.3 Å². The molecule has 19 heavy (non-hydrogen) atoms. The number of carbonyl (C=O) groups excluding carboxylic acids is 1. The van der Waals surface area contributed by atoms with Gasteiger partial charge < -0.3 is 20.1 Å². The number of rotatable bonds is 2. The Balaban J connectivity index is 2.01. The SMILES string of the molecule is CC1CN(C(=O)NC2(C(=O)O)CCOC2)CC(C)S1. The summed E-state index contributed by atoms with van der Waals surface area (Å²) in [6.07, 6.45) is 0.321. The maximum Gasteiger partial charge on any atom is 0.332 e. The molecule has 0 radical (unpaired) electrons. The number of amides is 2. The highest BCUT2D eigenvalue weighted by Crippen LogP contribution is 2.25. The molecule has 2 fully saturated rings. The van der Waals surface area contributed by atoms with Crippen molar-refractivity contribution in [2.75, 3.05) is 26.3 Å². The summed E-state index contributed by atoms with van der Waals surface area (Å²) in [5, 5.41) is 12.7. The van der Waals surface area contributed by atoms with Crippen LogP contribution in [0.4, 0.5) is 4.79 Å². The van der Waals surface area contributed by atoms with Gasteiger partial charge in [0.25, 0.3) is 0 Å². The number of urea groups is 1. The van der Waals surface area contributed by atoms with Crippen molar-refractivity contribution in [3.63, 3.8) is 0 Å². The minimum Gasteiger partial charge on any atom is -0.479 e. The zero-order valence-corrected chi connectivity index (χ0v) is 12.0.